The number of aromatic nitrogens is 1. The van der Waals surface area contributed by atoms with Crippen LogP contribution in [-0.4, -0.2) is 4.98 Å². The molecule has 34 heavy (non-hydrogen) atoms. The van der Waals surface area contributed by atoms with Crippen LogP contribution >= 0.6 is 0 Å². The molecule has 0 amide bonds. The number of allylic oxidation sites excluding steroid dienone is 4. The van der Waals surface area contributed by atoms with Crippen molar-refractivity contribution in [2.45, 2.75) is 25.7 Å². The molecule has 4 aromatic carbocycles. The maximum Gasteiger partial charge on any atom is 0.0465 e. The number of benzene rings is 4. The van der Waals surface area contributed by atoms with Gasteiger partial charge in [0.15, 0.2) is 0 Å². The zero-order valence-electron chi connectivity index (χ0n) is 19.6. The molecule has 166 valence electrons. The summed E-state index contributed by atoms with van der Waals surface area (Å²) in [7, 11) is 0. The van der Waals surface area contributed by atoms with E-state index in [1.165, 1.54) is 49.8 Å². The van der Waals surface area contributed by atoms with Gasteiger partial charge < -0.3 is 10.3 Å². The van der Waals surface area contributed by atoms with Crippen molar-refractivity contribution in [1.29, 1.82) is 0 Å². The average Bonchev–Trinajstić information content (AvgIpc) is 3.24. The molecule has 2 N–H and O–H groups in total. The first-order valence-corrected chi connectivity index (χ1v) is 11.9. The number of aromatic amines is 1. The van der Waals surface area contributed by atoms with Crippen molar-refractivity contribution in [2.75, 3.05) is 5.32 Å². The largest absolute Gasteiger partial charge is 0.358 e. The first kappa shape index (κ1) is 20.6. The second-order valence-electron chi connectivity index (χ2n) is 9.57. The number of nitrogens with one attached hydrogen (secondary N) is 2. The normalized spacial score (nSPS) is 18.1. The van der Waals surface area contributed by atoms with Crippen molar-refractivity contribution in [3.8, 4) is 0 Å². The van der Waals surface area contributed by atoms with Crippen LogP contribution < -0.4 is 5.32 Å². The van der Waals surface area contributed by atoms with Crippen molar-refractivity contribution in [2.24, 2.45) is 0 Å². The summed E-state index contributed by atoms with van der Waals surface area (Å²) in [6.45, 7) is 4.53. The molecule has 1 aliphatic carbocycles. The molecule has 2 nitrogen and oxygen atoms in total. The van der Waals surface area contributed by atoms with Gasteiger partial charge in [0.1, 0.15) is 0 Å². The Morgan fingerprint density at radius 2 is 1.53 bits per heavy atom. The first-order valence-electron chi connectivity index (χ1n) is 11.9. The van der Waals surface area contributed by atoms with Crippen molar-refractivity contribution in [3.05, 3.63) is 132 Å². The highest BCUT2D eigenvalue weighted by Gasteiger charge is 2.35. The van der Waals surface area contributed by atoms with Gasteiger partial charge >= 0.3 is 0 Å². The predicted molar refractivity (Wildman–Crippen MR) is 145 cm³/mol. The van der Waals surface area contributed by atoms with Crippen LogP contribution in [0.3, 0.4) is 0 Å². The molecular weight excluding hydrogens is 412 g/mol. The highest BCUT2D eigenvalue weighted by molar-refractivity contribution is 6.08. The summed E-state index contributed by atoms with van der Waals surface area (Å²) in [4.78, 5) is 3.55. The topological polar surface area (TPSA) is 27.8 Å². The number of rotatable bonds is 4. The van der Waals surface area contributed by atoms with Gasteiger partial charge in [0, 0.05) is 38.6 Å². The van der Waals surface area contributed by atoms with E-state index in [4.69, 9.17) is 0 Å². The van der Waals surface area contributed by atoms with E-state index in [2.05, 4.69) is 133 Å². The zero-order chi connectivity index (χ0) is 23.1. The van der Waals surface area contributed by atoms with Crippen LogP contribution in [-0.2, 0) is 5.41 Å². The Morgan fingerprint density at radius 3 is 2.38 bits per heavy atom. The molecule has 1 heterocycles. The van der Waals surface area contributed by atoms with Crippen molar-refractivity contribution in [1.82, 2.24) is 4.98 Å². The minimum Gasteiger partial charge on any atom is -0.358 e. The Morgan fingerprint density at radius 1 is 0.735 bits per heavy atom. The Kier molecular flexibility index (Phi) is 4.88. The van der Waals surface area contributed by atoms with E-state index < -0.39 is 0 Å². The molecule has 0 fully saturated rings. The number of hydrogen-bond acceptors (Lipinski definition) is 1. The van der Waals surface area contributed by atoms with E-state index >= 15 is 0 Å². The Labute approximate surface area is 200 Å². The number of para-hydroxylation sites is 2. The van der Waals surface area contributed by atoms with Crippen LogP contribution in [0.15, 0.2) is 115 Å². The van der Waals surface area contributed by atoms with Gasteiger partial charge in [-0.25, -0.2) is 0 Å². The van der Waals surface area contributed by atoms with Gasteiger partial charge in [-0.15, -0.1) is 0 Å². The third kappa shape index (κ3) is 3.52. The summed E-state index contributed by atoms with van der Waals surface area (Å²) in [5.74, 6) is 0. The van der Waals surface area contributed by atoms with Gasteiger partial charge in [0.25, 0.3) is 0 Å². The lowest BCUT2D eigenvalue weighted by Gasteiger charge is -2.37. The van der Waals surface area contributed by atoms with Crippen LogP contribution in [0, 0.1) is 6.92 Å². The summed E-state index contributed by atoms with van der Waals surface area (Å²) >= 11 is 0. The molecule has 1 aliphatic rings. The van der Waals surface area contributed by atoms with Crippen LogP contribution in [0.1, 0.15) is 30.0 Å². The summed E-state index contributed by atoms with van der Waals surface area (Å²) in [5.41, 5.74) is 9.80. The van der Waals surface area contributed by atoms with Gasteiger partial charge in [-0.1, -0.05) is 78.4 Å². The molecule has 0 saturated heterocycles. The van der Waals surface area contributed by atoms with Crippen molar-refractivity contribution in [3.63, 3.8) is 0 Å². The lowest BCUT2D eigenvalue weighted by molar-refractivity contribution is 0.571. The minimum absolute atomic E-state index is 0.166. The van der Waals surface area contributed by atoms with E-state index in [-0.39, 0.29) is 5.41 Å². The monoisotopic (exact) mass is 440 g/mol. The van der Waals surface area contributed by atoms with Crippen LogP contribution in [0.2, 0.25) is 0 Å². The number of anilines is 1. The molecule has 0 bridgehead atoms. The van der Waals surface area contributed by atoms with Crippen LogP contribution in [0.4, 0.5) is 5.69 Å². The number of hydrogen-bond donors (Lipinski definition) is 2. The highest BCUT2D eigenvalue weighted by atomic mass is 14.9. The number of H-pyrrole nitrogens is 1. The van der Waals surface area contributed by atoms with E-state index in [9.17, 15) is 0 Å². The van der Waals surface area contributed by atoms with Crippen LogP contribution in [0.25, 0.3) is 27.4 Å². The van der Waals surface area contributed by atoms with Gasteiger partial charge in [0.2, 0.25) is 0 Å². The minimum atomic E-state index is -0.166. The zero-order valence-corrected chi connectivity index (χ0v) is 19.6. The van der Waals surface area contributed by atoms with Crippen LogP contribution in [0.5, 0.6) is 0 Å². The van der Waals surface area contributed by atoms with Gasteiger partial charge in [0.05, 0.1) is 0 Å². The fraction of sp³-hybridized carbons (Fsp3) is 0.125. The Balaban J connectivity index is 1.46. The van der Waals surface area contributed by atoms with E-state index in [0.29, 0.717) is 0 Å². The Hall–Kier alpha value is -4.04. The first-order chi connectivity index (χ1) is 16.6. The predicted octanol–water partition coefficient (Wildman–Crippen LogP) is 8.37. The quantitative estimate of drug-likeness (QED) is 0.289. The lowest BCUT2D eigenvalue weighted by Crippen LogP contribution is -2.31. The molecule has 1 aromatic heterocycles. The second-order valence-corrected chi connectivity index (χ2v) is 9.57. The summed E-state index contributed by atoms with van der Waals surface area (Å²) in [6, 6.07) is 34.8. The van der Waals surface area contributed by atoms with Crippen molar-refractivity contribution >= 4 is 33.1 Å². The molecule has 5 aromatic rings. The molecule has 2 heteroatoms. The van der Waals surface area contributed by atoms with E-state index in [0.717, 1.165) is 12.1 Å². The molecule has 1 atom stereocenters. The molecule has 0 saturated carbocycles. The SMILES string of the molecule is Cc1cccc(C2(C)CC(c3ccc4[nH]c5ccccc5c4c3)=CC=C2Nc2ccccc2)c1. The van der Waals surface area contributed by atoms with Gasteiger partial charge in [-0.3, -0.25) is 0 Å². The van der Waals surface area contributed by atoms with Crippen molar-refractivity contribution < 1.29 is 0 Å². The molecule has 0 aliphatic heterocycles. The van der Waals surface area contributed by atoms with Gasteiger partial charge in [-0.2, -0.15) is 0 Å². The molecular formula is C32H28N2. The highest BCUT2D eigenvalue weighted by Crippen LogP contribution is 2.44. The molecule has 0 spiro atoms. The number of fused-ring (bicyclic) bond motifs is 3. The maximum absolute atomic E-state index is 3.72. The summed E-state index contributed by atoms with van der Waals surface area (Å²) in [5, 5.41) is 6.28. The fourth-order valence-corrected chi connectivity index (χ4v) is 5.25. The van der Waals surface area contributed by atoms with E-state index in [1.54, 1.807) is 0 Å². The lowest BCUT2D eigenvalue weighted by atomic mass is 9.70. The standard InChI is InChI=1S/C32H28N2/c1-22-9-8-10-25(19-22)32(2)21-24(16-18-31(32)33-26-11-4-3-5-12-26)23-15-17-30-28(20-23)27-13-6-7-14-29(27)34-30/h3-20,33-34H,21H2,1-2H3. The fourth-order valence-electron chi connectivity index (χ4n) is 5.25. The number of aryl methyl sites for hydroxylation is 1. The molecule has 1 unspecified atom stereocenters. The second kappa shape index (κ2) is 8.07. The third-order valence-electron chi connectivity index (χ3n) is 7.17. The average molecular weight is 441 g/mol. The van der Waals surface area contributed by atoms with Gasteiger partial charge in [-0.05, 0) is 73.4 Å². The Bertz CT molecular complexity index is 1570. The molecule has 0 radical (unpaired) electrons. The maximum atomic E-state index is 3.72. The third-order valence-corrected chi connectivity index (χ3v) is 7.17. The van der Waals surface area contributed by atoms with E-state index in [1.807, 2.05) is 0 Å². The molecule has 6 rings (SSSR count). The smallest absolute Gasteiger partial charge is 0.0465 e. The summed E-state index contributed by atoms with van der Waals surface area (Å²) < 4.78 is 0. The summed E-state index contributed by atoms with van der Waals surface area (Å²) in [6.07, 6.45) is 5.49.